The summed E-state index contributed by atoms with van der Waals surface area (Å²) in [5.41, 5.74) is 0. The van der Waals surface area contributed by atoms with Crippen LogP contribution in [0.1, 0.15) is 15.4 Å². The first-order valence-corrected chi connectivity index (χ1v) is 5.85. The van der Waals surface area contributed by atoms with E-state index in [1.807, 2.05) is 11.4 Å². The van der Waals surface area contributed by atoms with Crippen molar-refractivity contribution in [3.05, 3.63) is 38.8 Å². The number of nitrogens with zero attached hydrogens (tertiary/aromatic N) is 1. The molecule has 0 aliphatic heterocycles. The highest BCUT2D eigenvalue weighted by molar-refractivity contribution is 9.10. The van der Waals surface area contributed by atoms with E-state index < -0.39 is 0 Å². The smallest absolute Gasteiger partial charge is 0.290 e. The zero-order valence-electron chi connectivity index (χ0n) is 7.57. The minimum absolute atomic E-state index is 0.227. The van der Waals surface area contributed by atoms with Crippen LogP contribution in [0.4, 0.5) is 0 Å². The van der Waals surface area contributed by atoms with Gasteiger partial charge < -0.3 is 9.84 Å². The maximum Gasteiger partial charge on any atom is 0.290 e. The van der Waals surface area contributed by atoms with Crippen LogP contribution in [0.5, 0.6) is 0 Å². The topological polar surface area (TPSA) is 55.1 Å². The lowest BCUT2D eigenvalue weighted by Gasteiger charge is -1.98. The molecule has 0 unspecified atom stereocenters. The summed E-state index contributed by atoms with van der Waals surface area (Å²) in [6, 6.07) is 3.49. The minimum atomic E-state index is -0.253. The normalized spacial score (nSPS) is 10.2. The van der Waals surface area contributed by atoms with Crippen LogP contribution in [0.2, 0.25) is 0 Å². The van der Waals surface area contributed by atoms with Crippen molar-refractivity contribution in [3.8, 4) is 0 Å². The molecule has 0 spiro atoms. The van der Waals surface area contributed by atoms with E-state index in [4.69, 9.17) is 4.52 Å². The zero-order chi connectivity index (χ0) is 10.7. The number of aromatic nitrogens is 1. The van der Waals surface area contributed by atoms with Crippen molar-refractivity contribution >= 4 is 33.2 Å². The summed E-state index contributed by atoms with van der Waals surface area (Å²) >= 11 is 4.93. The van der Waals surface area contributed by atoms with Crippen LogP contribution in [0.25, 0.3) is 0 Å². The summed E-state index contributed by atoms with van der Waals surface area (Å²) in [5, 5.41) is 8.16. The lowest BCUT2D eigenvalue weighted by molar-refractivity contribution is 0.0914. The number of carbonyl (C=O) groups excluding carboxylic acids is 1. The highest BCUT2D eigenvalue weighted by Gasteiger charge is 2.09. The Labute approximate surface area is 98.4 Å². The van der Waals surface area contributed by atoms with Gasteiger partial charge >= 0.3 is 0 Å². The third-order valence-electron chi connectivity index (χ3n) is 1.71. The number of hydrogen-bond donors (Lipinski definition) is 1. The van der Waals surface area contributed by atoms with Gasteiger partial charge in [-0.1, -0.05) is 5.16 Å². The van der Waals surface area contributed by atoms with E-state index in [0.29, 0.717) is 6.54 Å². The lowest BCUT2D eigenvalue weighted by atomic mass is 10.4. The number of hydrogen-bond acceptors (Lipinski definition) is 4. The first-order valence-electron chi connectivity index (χ1n) is 4.17. The Hall–Kier alpha value is -1.14. The zero-order valence-corrected chi connectivity index (χ0v) is 9.97. The largest absolute Gasteiger partial charge is 0.351 e. The van der Waals surface area contributed by atoms with Crippen LogP contribution in [0.15, 0.2) is 32.7 Å². The summed E-state index contributed by atoms with van der Waals surface area (Å²) in [7, 11) is 0. The maximum atomic E-state index is 11.4. The second kappa shape index (κ2) is 4.59. The summed E-state index contributed by atoms with van der Waals surface area (Å²) in [6.45, 7) is 0.496. The quantitative estimate of drug-likeness (QED) is 0.943. The van der Waals surface area contributed by atoms with Crippen LogP contribution < -0.4 is 5.32 Å². The molecule has 0 bridgehead atoms. The SMILES string of the molecule is O=C(NCc1cc(Br)cs1)c1ccno1. The van der Waals surface area contributed by atoms with Crippen molar-refractivity contribution in [1.82, 2.24) is 10.5 Å². The van der Waals surface area contributed by atoms with E-state index >= 15 is 0 Å². The van der Waals surface area contributed by atoms with Gasteiger partial charge in [0.15, 0.2) is 0 Å². The number of nitrogens with one attached hydrogen (secondary N) is 1. The summed E-state index contributed by atoms with van der Waals surface area (Å²) < 4.78 is 5.75. The van der Waals surface area contributed by atoms with Gasteiger partial charge in [0.2, 0.25) is 5.76 Å². The van der Waals surface area contributed by atoms with E-state index in [0.717, 1.165) is 9.35 Å². The molecule has 1 N–H and O–H groups in total. The second-order valence-corrected chi connectivity index (χ2v) is 4.70. The molecule has 0 aliphatic carbocycles. The fourth-order valence-corrected chi connectivity index (χ4v) is 2.42. The molecular weight excluding hydrogens is 280 g/mol. The molecule has 2 rings (SSSR count). The van der Waals surface area contributed by atoms with Crippen molar-refractivity contribution in [2.24, 2.45) is 0 Å². The Bertz CT molecular complexity index is 452. The fourth-order valence-electron chi connectivity index (χ4n) is 1.03. The Balaban J connectivity index is 1.91. The van der Waals surface area contributed by atoms with Crippen LogP contribution in [0.3, 0.4) is 0 Å². The van der Waals surface area contributed by atoms with Gasteiger partial charge in [0.1, 0.15) is 0 Å². The number of halogens is 1. The maximum absolute atomic E-state index is 11.4. The highest BCUT2D eigenvalue weighted by Crippen LogP contribution is 2.19. The Morgan fingerprint density at radius 1 is 1.67 bits per heavy atom. The Kier molecular flexibility index (Phi) is 3.17. The average molecular weight is 287 g/mol. The van der Waals surface area contributed by atoms with Gasteiger partial charge in [-0.3, -0.25) is 4.79 Å². The third-order valence-corrected chi connectivity index (χ3v) is 3.40. The third kappa shape index (κ3) is 2.66. The summed E-state index contributed by atoms with van der Waals surface area (Å²) in [4.78, 5) is 12.5. The molecule has 2 aromatic heterocycles. The van der Waals surface area contributed by atoms with Gasteiger partial charge in [0, 0.05) is 20.8 Å². The number of carbonyl (C=O) groups is 1. The molecule has 4 nitrogen and oxygen atoms in total. The summed E-state index contributed by atoms with van der Waals surface area (Å²) in [5.74, 6) is -0.0253. The summed E-state index contributed by atoms with van der Waals surface area (Å²) in [6.07, 6.45) is 1.44. The van der Waals surface area contributed by atoms with Crippen LogP contribution >= 0.6 is 27.3 Å². The van der Waals surface area contributed by atoms with E-state index in [9.17, 15) is 4.79 Å². The lowest BCUT2D eigenvalue weighted by Crippen LogP contribution is -2.21. The molecule has 0 radical (unpaired) electrons. The predicted octanol–water partition coefficient (Wildman–Crippen LogP) is 2.43. The number of amides is 1. The molecule has 0 aromatic carbocycles. The predicted molar refractivity (Wildman–Crippen MR) is 59.7 cm³/mol. The van der Waals surface area contributed by atoms with E-state index in [1.54, 1.807) is 11.3 Å². The molecule has 78 valence electrons. The molecule has 0 saturated heterocycles. The molecular formula is C9H7BrN2O2S. The highest BCUT2D eigenvalue weighted by atomic mass is 79.9. The molecule has 0 aliphatic rings. The molecule has 2 heterocycles. The van der Waals surface area contributed by atoms with Crippen LogP contribution in [0, 0.1) is 0 Å². The molecule has 0 fully saturated rings. The van der Waals surface area contributed by atoms with Gasteiger partial charge in [-0.25, -0.2) is 0 Å². The van der Waals surface area contributed by atoms with Crippen LogP contribution in [-0.2, 0) is 6.54 Å². The van der Waals surface area contributed by atoms with Gasteiger partial charge in [-0.15, -0.1) is 11.3 Å². The molecule has 0 saturated carbocycles. The van der Waals surface area contributed by atoms with E-state index in [-0.39, 0.29) is 11.7 Å². The van der Waals surface area contributed by atoms with E-state index in [1.165, 1.54) is 12.3 Å². The molecule has 6 heteroatoms. The van der Waals surface area contributed by atoms with Crippen molar-refractivity contribution in [1.29, 1.82) is 0 Å². The van der Waals surface area contributed by atoms with Crippen LogP contribution in [-0.4, -0.2) is 11.1 Å². The number of rotatable bonds is 3. The van der Waals surface area contributed by atoms with Gasteiger partial charge in [0.05, 0.1) is 12.7 Å². The standard InChI is InChI=1S/C9H7BrN2O2S/c10-6-3-7(15-5-6)4-11-9(13)8-1-2-12-14-8/h1-3,5H,4H2,(H,11,13). The van der Waals surface area contributed by atoms with Crippen molar-refractivity contribution < 1.29 is 9.32 Å². The second-order valence-electron chi connectivity index (χ2n) is 2.79. The van der Waals surface area contributed by atoms with Crippen molar-refractivity contribution in [2.45, 2.75) is 6.54 Å². The van der Waals surface area contributed by atoms with Gasteiger partial charge in [-0.05, 0) is 22.0 Å². The van der Waals surface area contributed by atoms with Gasteiger partial charge in [-0.2, -0.15) is 0 Å². The molecule has 2 aromatic rings. The van der Waals surface area contributed by atoms with Gasteiger partial charge in [0.25, 0.3) is 5.91 Å². The first-order chi connectivity index (χ1) is 7.25. The average Bonchev–Trinajstić information content (AvgIpc) is 2.84. The van der Waals surface area contributed by atoms with E-state index in [2.05, 4.69) is 26.4 Å². The van der Waals surface area contributed by atoms with Crippen molar-refractivity contribution in [3.63, 3.8) is 0 Å². The molecule has 15 heavy (non-hydrogen) atoms. The number of thiophene rings is 1. The Morgan fingerprint density at radius 2 is 2.53 bits per heavy atom. The monoisotopic (exact) mass is 286 g/mol. The fraction of sp³-hybridized carbons (Fsp3) is 0.111. The minimum Gasteiger partial charge on any atom is -0.351 e. The molecule has 1 amide bonds. The Morgan fingerprint density at radius 3 is 3.13 bits per heavy atom. The molecule has 0 atom stereocenters. The first kappa shape index (κ1) is 10.4. The van der Waals surface area contributed by atoms with Crippen molar-refractivity contribution in [2.75, 3.05) is 0 Å².